The zero-order valence-electron chi connectivity index (χ0n) is 12.1. The van der Waals surface area contributed by atoms with Gasteiger partial charge in [0.1, 0.15) is 0 Å². The molecule has 1 aromatic rings. The van der Waals surface area contributed by atoms with Crippen LogP contribution in [0.5, 0.6) is 0 Å². The van der Waals surface area contributed by atoms with Crippen LogP contribution in [0.3, 0.4) is 0 Å². The second kappa shape index (κ2) is 6.76. The van der Waals surface area contributed by atoms with Gasteiger partial charge in [-0.05, 0) is 31.5 Å². The van der Waals surface area contributed by atoms with E-state index >= 15 is 0 Å². The Hall–Kier alpha value is -1.06. The third-order valence-corrected chi connectivity index (χ3v) is 2.96. The van der Waals surface area contributed by atoms with Gasteiger partial charge in [0.05, 0.1) is 12.2 Å². The van der Waals surface area contributed by atoms with Crippen LogP contribution in [0.15, 0.2) is 24.3 Å². The van der Waals surface area contributed by atoms with Crippen LogP contribution in [-0.2, 0) is 11.3 Å². The maximum Gasteiger partial charge on any atom is 0.0801 e. The molecule has 102 valence electrons. The highest BCUT2D eigenvalue weighted by atomic mass is 16.5. The first kappa shape index (κ1) is 15.0. The number of rotatable bonds is 2. The van der Waals surface area contributed by atoms with Gasteiger partial charge in [0.25, 0.3) is 0 Å². The van der Waals surface area contributed by atoms with E-state index in [0.717, 1.165) is 19.7 Å². The summed E-state index contributed by atoms with van der Waals surface area (Å²) in [6.45, 7) is 11.6. The molecule has 1 aromatic carbocycles. The lowest BCUT2D eigenvalue weighted by atomic mass is 10.1. The summed E-state index contributed by atoms with van der Waals surface area (Å²) < 4.78 is 5.70. The SMILES string of the molecule is CC.CC1(C)CN(c2ccc(CN)cc2)CCO1. The summed E-state index contributed by atoms with van der Waals surface area (Å²) in [5, 5.41) is 0. The monoisotopic (exact) mass is 250 g/mol. The number of nitrogens with two attached hydrogens (primary N) is 1. The van der Waals surface area contributed by atoms with Gasteiger partial charge in [0.15, 0.2) is 0 Å². The van der Waals surface area contributed by atoms with Gasteiger partial charge in [-0.1, -0.05) is 26.0 Å². The van der Waals surface area contributed by atoms with E-state index in [9.17, 15) is 0 Å². The van der Waals surface area contributed by atoms with Crippen LogP contribution >= 0.6 is 0 Å². The first-order valence-corrected chi connectivity index (χ1v) is 6.79. The Labute approximate surface area is 111 Å². The highest BCUT2D eigenvalue weighted by Gasteiger charge is 2.27. The first-order valence-electron chi connectivity index (χ1n) is 6.79. The van der Waals surface area contributed by atoms with Crippen molar-refractivity contribution in [1.29, 1.82) is 0 Å². The lowest BCUT2D eigenvalue weighted by molar-refractivity contribution is -0.0276. The predicted molar refractivity (Wildman–Crippen MR) is 77.9 cm³/mol. The predicted octanol–water partition coefficient (Wildman–Crippen LogP) is 2.79. The van der Waals surface area contributed by atoms with Crippen LogP contribution in [0.1, 0.15) is 33.3 Å². The van der Waals surface area contributed by atoms with Gasteiger partial charge in [-0.25, -0.2) is 0 Å². The van der Waals surface area contributed by atoms with E-state index in [1.807, 2.05) is 13.8 Å². The number of anilines is 1. The van der Waals surface area contributed by atoms with E-state index in [2.05, 4.69) is 43.0 Å². The van der Waals surface area contributed by atoms with Crippen molar-refractivity contribution >= 4 is 5.69 Å². The highest BCUT2D eigenvalue weighted by Crippen LogP contribution is 2.23. The Morgan fingerprint density at radius 2 is 1.83 bits per heavy atom. The van der Waals surface area contributed by atoms with Crippen molar-refractivity contribution in [1.82, 2.24) is 0 Å². The van der Waals surface area contributed by atoms with Crippen LogP contribution in [0, 0.1) is 0 Å². The number of nitrogens with zero attached hydrogens (tertiary/aromatic N) is 1. The molecular formula is C15H26N2O. The summed E-state index contributed by atoms with van der Waals surface area (Å²) in [5.74, 6) is 0. The minimum absolute atomic E-state index is 0.0508. The van der Waals surface area contributed by atoms with Crippen LogP contribution in [0.4, 0.5) is 5.69 Å². The van der Waals surface area contributed by atoms with E-state index in [0.29, 0.717) is 6.54 Å². The molecule has 0 atom stereocenters. The van der Waals surface area contributed by atoms with Gasteiger partial charge in [0, 0.05) is 25.3 Å². The van der Waals surface area contributed by atoms with Crippen molar-refractivity contribution in [3.05, 3.63) is 29.8 Å². The summed E-state index contributed by atoms with van der Waals surface area (Å²) in [6.07, 6.45) is 0. The van der Waals surface area contributed by atoms with Crippen molar-refractivity contribution in [2.24, 2.45) is 5.73 Å². The third-order valence-electron chi connectivity index (χ3n) is 2.96. The normalized spacial score (nSPS) is 17.9. The van der Waals surface area contributed by atoms with Crippen molar-refractivity contribution in [2.45, 2.75) is 39.8 Å². The van der Waals surface area contributed by atoms with Crippen LogP contribution in [-0.4, -0.2) is 25.3 Å². The quantitative estimate of drug-likeness (QED) is 0.877. The standard InChI is InChI=1S/C13H20N2O.C2H6/c1-13(2)10-15(7-8-16-13)12-5-3-11(9-14)4-6-12;1-2/h3-6H,7-10,14H2,1-2H3;1-2H3. The number of hydrogen-bond acceptors (Lipinski definition) is 3. The molecule has 0 bridgehead atoms. The second-order valence-electron chi connectivity index (χ2n) is 4.90. The lowest BCUT2D eigenvalue weighted by Gasteiger charge is -2.39. The Bertz CT molecular complexity index is 346. The zero-order chi connectivity index (χ0) is 13.6. The molecule has 18 heavy (non-hydrogen) atoms. The average molecular weight is 250 g/mol. The minimum atomic E-state index is -0.0508. The molecule has 1 aliphatic rings. The number of morpholine rings is 1. The Balaban J connectivity index is 0.000000771. The molecule has 2 N–H and O–H groups in total. The molecule has 0 aromatic heterocycles. The van der Waals surface area contributed by atoms with Gasteiger partial charge in [-0.2, -0.15) is 0 Å². The molecule has 1 fully saturated rings. The summed E-state index contributed by atoms with van der Waals surface area (Å²) in [6, 6.07) is 8.47. The van der Waals surface area contributed by atoms with Crippen molar-refractivity contribution in [3.63, 3.8) is 0 Å². The van der Waals surface area contributed by atoms with Crippen LogP contribution in [0.25, 0.3) is 0 Å². The highest BCUT2D eigenvalue weighted by molar-refractivity contribution is 5.48. The zero-order valence-corrected chi connectivity index (χ0v) is 12.1. The van der Waals surface area contributed by atoms with E-state index in [1.165, 1.54) is 11.3 Å². The molecule has 0 unspecified atom stereocenters. The first-order chi connectivity index (χ1) is 8.61. The van der Waals surface area contributed by atoms with Crippen molar-refractivity contribution in [3.8, 4) is 0 Å². The third kappa shape index (κ3) is 4.00. The van der Waals surface area contributed by atoms with Gasteiger partial charge in [-0.3, -0.25) is 0 Å². The van der Waals surface area contributed by atoms with E-state index < -0.39 is 0 Å². The summed E-state index contributed by atoms with van der Waals surface area (Å²) in [4.78, 5) is 2.36. The van der Waals surface area contributed by atoms with Gasteiger partial charge >= 0.3 is 0 Å². The summed E-state index contributed by atoms with van der Waals surface area (Å²) in [5.41, 5.74) is 7.97. The second-order valence-corrected chi connectivity index (χ2v) is 4.90. The maximum absolute atomic E-state index is 5.70. The van der Waals surface area contributed by atoms with Crippen molar-refractivity contribution in [2.75, 3.05) is 24.6 Å². The van der Waals surface area contributed by atoms with Crippen LogP contribution < -0.4 is 10.6 Å². The molecule has 1 heterocycles. The van der Waals surface area contributed by atoms with Crippen molar-refractivity contribution < 1.29 is 4.74 Å². The topological polar surface area (TPSA) is 38.5 Å². The molecule has 0 aliphatic carbocycles. The van der Waals surface area contributed by atoms with E-state index in [1.54, 1.807) is 0 Å². The van der Waals surface area contributed by atoms with E-state index in [4.69, 9.17) is 10.5 Å². The van der Waals surface area contributed by atoms with Gasteiger partial charge in [0.2, 0.25) is 0 Å². The molecule has 3 heteroatoms. The number of ether oxygens (including phenoxy) is 1. The molecule has 3 nitrogen and oxygen atoms in total. The fourth-order valence-corrected chi connectivity index (χ4v) is 2.08. The largest absolute Gasteiger partial charge is 0.372 e. The maximum atomic E-state index is 5.70. The van der Waals surface area contributed by atoms with Gasteiger partial charge in [-0.15, -0.1) is 0 Å². The molecule has 1 saturated heterocycles. The van der Waals surface area contributed by atoms with Crippen LogP contribution in [0.2, 0.25) is 0 Å². The molecule has 0 amide bonds. The summed E-state index contributed by atoms with van der Waals surface area (Å²) >= 11 is 0. The molecule has 1 aliphatic heterocycles. The van der Waals surface area contributed by atoms with E-state index in [-0.39, 0.29) is 5.60 Å². The lowest BCUT2D eigenvalue weighted by Crippen LogP contribution is -2.48. The fourth-order valence-electron chi connectivity index (χ4n) is 2.08. The molecular weight excluding hydrogens is 224 g/mol. The fraction of sp³-hybridized carbons (Fsp3) is 0.600. The summed E-state index contributed by atoms with van der Waals surface area (Å²) in [7, 11) is 0. The smallest absolute Gasteiger partial charge is 0.0801 e. The Kier molecular flexibility index (Phi) is 5.63. The number of hydrogen-bond donors (Lipinski definition) is 1. The molecule has 0 radical (unpaired) electrons. The number of benzene rings is 1. The Morgan fingerprint density at radius 3 is 2.33 bits per heavy atom. The minimum Gasteiger partial charge on any atom is -0.372 e. The average Bonchev–Trinajstić information content (AvgIpc) is 2.40. The molecule has 2 rings (SSSR count). The van der Waals surface area contributed by atoms with Gasteiger partial charge < -0.3 is 15.4 Å². The molecule has 0 saturated carbocycles. The Morgan fingerprint density at radius 1 is 1.22 bits per heavy atom. The molecule has 0 spiro atoms.